The Hall–Kier alpha value is -1.91. The number of hydrogen-bond acceptors (Lipinski definition) is 2. The maximum Gasteiger partial charge on any atom is 0.316 e. The Morgan fingerprint density at radius 2 is 2.00 bits per heavy atom. The zero-order chi connectivity index (χ0) is 11.7. The van der Waals surface area contributed by atoms with Crippen LogP contribution in [-0.2, 0) is 9.59 Å². The van der Waals surface area contributed by atoms with Gasteiger partial charge in [0.2, 0.25) is 5.91 Å². The second-order valence-corrected chi connectivity index (χ2v) is 3.65. The van der Waals surface area contributed by atoms with Crippen LogP contribution in [0.3, 0.4) is 0 Å². The zero-order valence-electron chi connectivity index (χ0n) is 8.39. The first kappa shape index (κ1) is 10.6. The smallest absolute Gasteiger partial charge is 0.316 e. The van der Waals surface area contributed by atoms with E-state index in [2.05, 4.69) is 0 Å². The van der Waals surface area contributed by atoms with Crippen LogP contribution in [0.5, 0.6) is 0 Å². The van der Waals surface area contributed by atoms with Crippen LogP contribution in [0.1, 0.15) is 6.42 Å². The fourth-order valence-electron chi connectivity index (χ4n) is 1.79. The van der Waals surface area contributed by atoms with E-state index >= 15 is 0 Å². The van der Waals surface area contributed by atoms with Gasteiger partial charge in [0.1, 0.15) is 11.7 Å². The van der Waals surface area contributed by atoms with Crippen molar-refractivity contribution < 1.29 is 19.1 Å². The van der Waals surface area contributed by atoms with E-state index in [9.17, 15) is 14.0 Å². The summed E-state index contributed by atoms with van der Waals surface area (Å²) >= 11 is 0. The fraction of sp³-hybridized carbons (Fsp3) is 0.273. The second-order valence-electron chi connectivity index (χ2n) is 3.65. The van der Waals surface area contributed by atoms with Crippen molar-refractivity contribution in [2.24, 2.45) is 5.92 Å². The summed E-state index contributed by atoms with van der Waals surface area (Å²) < 4.78 is 12.7. The Bertz CT molecular complexity index is 429. The lowest BCUT2D eigenvalue weighted by Crippen LogP contribution is -2.30. The number of nitrogens with zero attached hydrogens (tertiary/aromatic N) is 1. The van der Waals surface area contributed by atoms with Gasteiger partial charge >= 0.3 is 5.97 Å². The highest BCUT2D eigenvalue weighted by Crippen LogP contribution is 2.25. The summed E-state index contributed by atoms with van der Waals surface area (Å²) in [6, 6.07) is 5.43. The molecule has 1 aliphatic heterocycles. The minimum absolute atomic E-state index is 0.297. The number of carboxylic acid groups (broad SMARTS) is 1. The van der Waals surface area contributed by atoms with Crippen LogP contribution in [-0.4, -0.2) is 23.5 Å². The molecule has 2 rings (SSSR count). The molecule has 0 aromatic heterocycles. The van der Waals surface area contributed by atoms with E-state index in [-0.39, 0.29) is 5.82 Å². The van der Waals surface area contributed by atoms with Gasteiger partial charge in [0.25, 0.3) is 0 Å². The number of anilines is 1. The van der Waals surface area contributed by atoms with Crippen molar-refractivity contribution in [3.05, 3.63) is 30.1 Å². The van der Waals surface area contributed by atoms with Gasteiger partial charge in [-0.2, -0.15) is 0 Å². The molecule has 0 bridgehead atoms. The van der Waals surface area contributed by atoms with Crippen molar-refractivity contribution in [3.8, 4) is 0 Å². The number of aliphatic carboxylic acids is 1. The third-order valence-corrected chi connectivity index (χ3v) is 2.64. The highest BCUT2D eigenvalue weighted by molar-refractivity contribution is 6.07. The number of carbonyl (C=O) groups excluding carboxylic acids is 1. The van der Waals surface area contributed by atoms with E-state index in [1.54, 1.807) is 0 Å². The normalized spacial score (nSPS) is 20.2. The highest BCUT2D eigenvalue weighted by Gasteiger charge is 2.37. The van der Waals surface area contributed by atoms with Gasteiger partial charge in [0.15, 0.2) is 0 Å². The van der Waals surface area contributed by atoms with Crippen LogP contribution in [0.25, 0.3) is 0 Å². The fourth-order valence-corrected chi connectivity index (χ4v) is 1.79. The van der Waals surface area contributed by atoms with Crippen LogP contribution in [0.4, 0.5) is 10.1 Å². The van der Waals surface area contributed by atoms with E-state index in [1.807, 2.05) is 0 Å². The van der Waals surface area contributed by atoms with Crippen LogP contribution in [0.2, 0.25) is 0 Å². The van der Waals surface area contributed by atoms with Crippen LogP contribution in [0, 0.1) is 11.7 Å². The molecule has 1 heterocycles. The van der Waals surface area contributed by atoms with Gasteiger partial charge < -0.3 is 10.0 Å². The van der Waals surface area contributed by atoms with E-state index < -0.39 is 17.8 Å². The molecule has 0 radical (unpaired) electrons. The van der Waals surface area contributed by atoms with Crippen LogP contribution < -0.4 is 4.90 Å². The largest absolute Gasteiger partial charge is 0.481 e. The standard InChI is InChI=1S/C11H10FNO3/c12-7-1-3-8(4-2-7)13-6-5-9(10(13)14)11(15)16/h1-4,9H,5-6H2,(H,15,16)/t9-/m0/s1. The Morgan fingerprint density at radius 1 is 1.38 bits per heavy atom. The molecule has 84 valence electrons. The molecular weight excluding hydrogens is 213 g/mol. The summed E-state index contributed by atoms with van der Waals surface area (Å²) in [5.74, 6) is -2.89. The molecular formula is C11H10FNO3. The average molecular weight is 223 g/mol. The minimum atomic E-state index is -1.10. The number of halogens is 1. The molecule has 0 saturated carbocycles. The van der Waals surface area contributed by atoms with Gasteiger partial charge in [-0.1, -0.05) is 0 Å². The molecule has 16 heavy (non-hydrogen) atoms. The molecule has 0 spiro atoms. The predicted octanol–water partition coefficient (Wildman–Crippen LogP) is 1.26. The Morgan fingerprint density at radius 3 is 2.50 bits per heavy atom. The van der Waals surface area contributed by atoms with Gasteiger partial charge in [-0.05, 0) is 30.7 Å². The zero-order valence-corrected chi connectivity index (χ0v) is 8.39. The summed E-state index contributed by atoms with van der Waals surface area (Å²) in [7, 11) is 0. The van der Waals surface area contributed by atoms with E-state index in [1.165, 1.54) is 29.2 Å². The van der Waals surface area contributed by atoms with Crippen molar-refractivity contribution >= 4 is 17.6 Å². The lowest BCUT2D eigenvalue weighted by molar-refractivity contribution is -0.144. The third kappa shape index (κ3) is 1.76. The maximum atomic E-state index is 12.7. The van der Waals surface area contributed by atoms with Gasteiger partial charge in [-0.25, -0.2) is 4.39 Å². The second kappa shape index (κ2) is 3.92. The quantitative estimate of drug-likeness (QED) is 0.768. The number of carbonyl (C=O) groups is 2. The number of amides is 1. The SMILES string of the molecule is O=C(O)[C@H]1CCN(c2ccc(F)cc2)C1=O. The maximum absolute atomic E-state index is 12.7. The van der Waals surface area contributed by atoms with Crippen LogP contribution in [0.15, 0.2) is 24.3 Å². The van der Waals surface area contributed by atoms with Gasteiger partial charge in [-0.15, -0.1) is 0 Å². The predicted molar refractivity (Wildman–Crippen MR) is 54.5 cm³/mol. The third-order valence-electron chi connectivity index (χ3n) is 2.64. The summed E-state index contributed by atoms with van der Waals surface area (Å²) in [5, 5.41) is 8.78. The van der Waals surface area contributed by atoms with E-state index in [0.717, 1.165) is 0 Å². The number of hydrogen-bond donors (Lipinski definition) is 1. The Labute approximate surface area is 91.3 Å². The molecule has 0 aliphatic carbocycles. The van der Waals surface area contributed by atoms with Gasteiger partial charge in [0.05, 0.1) is 0 Å². The monoisotopic (exact) mass is 223 g/mol. The van der Waals surface area contributed by atoms with Crippen molar-refractivity contribution in [2.45, 2.75) is 6.42 Å². The molecule has 1 fully saturated rings. The molecule has 0 unspecified atom stereocenters. The lowest BCUT2D eigenvalue weighted by Gasteiger charge is -2.15. The first-order chi connectivity index (χ1) is 7.59. The van der Waals surface area contributed by atoms with Crippen LogP contribution >= 0.6 is 0 Å². The molecule has 1 amide bonds. The Balaban J connectivity index is 2.21. The lowest BCUT2D eigenvalue weighted by atomic mass is 10.1. The minimum Gasteiger partial charge on any atom is -0.481 e. The molecule has 1 atom stereocenters. The number of benzene rings is 1. The molecule has 1 aromatic carbocycles. The van der Waals surface area contributed by atoms with Crippen molar-refractivity contribution in [1.82, 2.24) is 0 Å². The molecule has 1 saturated heterocycles. The summed E-state index contributed by atoms with van der Waals surface area (Å²) in [5.41, 5.74) is 0.537. The molecule has 5 heteroatoms. The van der Waals surface area contributed by atoms with Crippen molar-refractivity contribution in [1.29, 1.82) is 0 Å². The topological polar surface area (TPSA) is 57.6 Å². The average Bonchev–Trinajstić information content (AvgIpc) is 2.61. The number of rotatable bonds is 2. The highest BCUT2D eigenvalue weighted by atomic mass is 19.1. The van der Waals surface area contributed by atoms with Crippen molar-refractivity contribution in [2.75, 3.05) is 11.4 Å². The molecule has 1 aromatic rings. The first-order valence-electron chi connectivity index (χ1n) is 4.89. The summed E-state index contributed by atoms with van der Waals surface area (Å²) in [6.07, 6.45) is 0.297. The molecule has 1 aliphatic rings. The molecule has 1 N–H and O–H groups in total. The summed E-state index contributed by atoms with van der Waals surface area (Å²) in [4.78, 5) is 23.8. The van der Waals surface area contributed by atoms with Gasteiger partial charge in [0, 0.05) is 12.2 Å². The van der Waals surface area contributed by atoms with E-state index in [0.29, 0.717) is 18.7 Å². The first-order valence-corrected chi connectivity index (χ1v) is 4.89. The van der Waals surface area contributed by atoms with Gasteiger partial charge in [-0.3, -0.25) is 9.59 Å². The van der Waals surface area contributed by atoms with Crippen molar-refractivity contribution in [3.63, 3.8) is 0 Å². The Kier molecular flexibility index (Phi) is 2.60. The summed E-state index contributed by atoms with van der Waals surface area (Å²) in [6.45, 7) is 0.363. The number of carboxylic acids is 1. The molecule has 4 nitrogen and oxygen atoms in total. The van der Waals surface area contributed by atoms with E-state index in [4.69, 9.17) is 5.11 Å².